The number of ether oxygens (including phenoxy) is 2. The second-order valence-corrected chi connectivity index (χ2v) is 4.56. The first-order chi connectivity index (χ1) is 7.61. The standard InChI is InChI=1S/C11H17NO3S/c1-8(2)14-5-6-15-11(13)10(12)9-4-3-7-16-9/h3-4,7-8,10H,5-6,12H2,1-2H3. The van der Waals surface area contributed by atoms with Gasteiger partial charge in [0.25, 0.3) is 0 Å². The van der Waals surface area contributed by atoms with Gasteiger partial charge in [-0.2, -0.15) is 0 Å². The van der Waals surface area contributed by atoms with Gasteiger partial charge in [0.2, 0.25) is 0 Å². The van der Waals surface area contributed by atoms with Crippen LogP contribution in [-0.4, -0.2) is 25.3 Å². The molecule has 0 radical (unpaired) electrons. The van der Waals surface area contributed by atoms with E-state index in [1.807, 2.05) is 31.4 Å². The van der Waals surface area contributed by atoms with Gasteiger partial charge in [0.05, 0.1) is 12.7 Å². The Morgan fingerprint density at radius 1 is 1.50 bits per heavy atom. The maximum absolute atomic E-state index is 11.5. The van der Waals surface area contributed by atoms with E-state index >= 15 is 0 Å². The van der Waals surface area contributed by atoms with Crippen molar-refractivity contribution in [1.82, 2.24) is 0 Å². The molecule has 1 unspecified atom stereocenters. The minimum Gasteiger partial charge on any atom is -0.462 e. The molecular weight excluding hydrogens is 226 g/mol. The van der Waals surface area contributed by atoms with Crippen molar-refractivity contribution in [2.75, 3.05) is 13.2 Å². The van der Waals surface area contributed by atoms with Crippen molar-refractivity contribution < 1.29 is 14.3 Å². The van der Waals surface area contributed by atoms with Crippen molar-refractivity contribution in [2.24, 2.45) is 5.73 Å². The summed E-state index contributed by atoms with van der Waals surface area (Å²) < 4.78 is 10.2. The lowest BCUT2D eigenvalue weighted by Crippen LogP contribution is -2.24. The third kappa shape index (κ3) is 4.30. The molecule has 0 aliphatic rings. The van der Waals surface area contributed by atoms with E-state index in [-0.39, 0.29) is 12.7 Å². The molecule has 0 saturated heterocycles. The summed E-state index contributed by atoms with van der Waals surface area (Å²) in [6, 6.07) is 3.00. The zero-order chi connectivity index (χ0) is 12.0. The molecule has 1 rings (SSSR count). The fourth-order valence-corrected chi connectivity index (χ4v) is 1.81. The van der Waals surface area contributed by atoms with Crippen molar-refractivity contribution >= 4 is 17.3 Å². The molecular formula is C11H17NO3S. The lowest BCUT2D eigenvalue weighted by molar-refractivity contribution is -0.147. The Hall–Kier alpha value is -0.910. The van der Waals surface area contributed by atoms with Crippen LogP contribution < -0.4 is 5.73 Å². The molecule has 4 nitrogen and oxygen atoms in total. The van der Waals surface area contributed by atoms with Crippen LogP contribution in [0, 0.1) is 0 Å². The normalized spacial score (nSPS) is 12.8. The van der Waals surface area contributed by atoms with Gasteiger partial charge in [-0.1, -0.05) is 6.07 Å². The molecule has 1 aromatic rings. The van der Waals surface area contributed by atoms with E-state index in [4.69, 9.17) is 15.2 Å². The maximum Gasteiger partial charge on any atom is 0.328 e. The van der Waals surface area contributed by atoms with Crippen molar-refractivity contribution in [3.63, 3.8) is 0 Å². The molecule has 0 spiro atoms. The highest BCUT2D eigenvalue weighted by Crippen LogP contribution is 2.17. The van der Waals surface area contributed by atoms with Gasteiger partial charge in [0.15, 0.2) is 0 Å². The molecule has 0 amide bonds. The smallest absolute Gasteiger partial charge is 0.328 e. The third-order valence-electron chi connectivity index (χ3n) is 1.88. The Kier molecular flexibility index (Phi) is 5.45. The number of esters is 1. The minimum absolute atomic E-state index is 0.143. The molecule has 0 aromatic carbocycles. The van der Waals surface area contributed by atoms with Crippen LogP contribution in [0.1, 0.15) is 24.8 Å². The Morgan fingerprint density at radius 3 is 2.81 bits per heavy atom. The maximum atomic E-state index is 11.5. The van der Waals surface area contributed by atoms with Gasteiger partial charge in [-0.15, -0.1) is 11.3 Å². The zero-order valence-corrected chi connectivity index (χ0v) is 10.3. The van der Waals surface area contributed by atoms with Crippen molar-refractivity contribution in [2.45, 2.75) is 26.0 Å². The van der Waals surface area contributed by atoms with Crippen LogP contribution >= 0.6 is 11.3 Å². The van der Waals surface area contributed by atoms with E-state index in [2.05, 4.69) is 0 Å². The predicted octanol–water partition coefficient (Wildman–Crippen LogP) is 1.72. The van der Waals surface area contributed by atoms with E-state index in [0.29, 0.717) is 6.61 Å². The fraction of sp³-hybridized carbons (Fsp3) is 0.545. The summed E-state index contributed by atoms with van der Waals surface area (Å²) in [7, 11) is 0. The second-order valence-electron chi connectivity index (χ2n) is 3.58. The van der Waals surface area contributed by atoms with E-state index in [9.17, 15) is 4.79 Å². The number of hydrogen-bond donors (Lipinski definition) is 1. The lowest BCUT2D eigenvalue weighted by atomic mass is 10.2. The lowest BCUT2D eigenvalue weighted by Gasteiger charge is -2.11. The van der Waals surface area contributed by atoms with E-state index in [0.717, 1.165) is 4.88 Å². The number of hydrogen-bond acceptors (Lipinski definition) is 5. The molecule has 16 heavy (non-hydrogen) atoms. The van der Waals surface area contributed by atoms with Gasteiger partial charge >= 0.3 is 5.97 Å². The van der Waals surface area contributed by atoms with Crippen LogP contribution in [0.25, 0.3) is 0 Å². The molecule has 1 atom stereocenters. The van der Waals surface area contributed by atoms with Crippen LogP contribution in [0.2, 0.25) is 0 Å². The quantitative estimate of drug-likeness (QED) is 0.610. The highest BCUT2D eigenvalue weighted by Gasteiger charge is 2.17. The second kappa shape index (κ2) is 6.62. The molecule has 1 aromatic heterocycles. The summed E-state index contributed by atoms with van der Waals surface area (Å²) in [6.07, 6.45) is 0.143. The monoisotopic (exact) mass is 243 g/mol. The molecule has 0 fully saturated rings. The highest BCUT2D eigenvalue weighted by molar-refractivity contribution is 7.10. The first-order valence-corrected chi connectivity index (χ1v) is 6.06. The average molecular weight is 243 g/mol. The number of rotatable bonds is 6. The van der Waals surface area contributed by atoms with E-state index in [1.165, 1.54) is 11.3 Å². The largest absolute Gasteiger partial charge is 0.462 e. The topological polar surface area (TPSA) is 61.5 Å². The van der Waals surface area contributed by atoms with Crippen LogP contribution in [0.15, 0.2) is 17.5 Å². The van der Waals surface area contributed by atoms with E-state index in [1.54, 1.807) is 0 Å². The van der Waals surface area contributed by atoms with Crippen LogP contribution in [-0.2, 0) is 14.3 Å². The van der Waals surface area contributed by atoms with Crippen LogP contribution in [0.3, 0.4) is 0 Å². The van der Waals surface area contributed by atoms with Crippen molar-refractivity contribution in [1.29, 1.82) is 0 Å². The average Bonchev–Trinajstić information content (AvgIpc) is 2.76. The van der Waals surface area contributed by atoms with Gasteiger partial charge in [0.1, 0.15) is 12.6 Å². The molecule has 2 N–H and O–H groups in total. The summed E-state index contributed by atoms with van der Waals surface area (Å²) in [6.45, 7) is 4.51. The van der Waals surface area contributed by atoms with Gasteiger partial charge in [-0.3, -0.25) is 0 Å². The summed E-state index contributed by atoms with van der Waals surface area (Å²) in [5, 5.41) is 1.88. The number of nitrogens with two attached hydrogens (primary N) is 1. The summed E-state index contributed by atoms with van der Waals surface area (Å²) in [4.78, 5) is 12.3. The van der Waals surface area contributed by atoms with Crippen molar-refractivity contribution in [3.05, 3.63) is 22.4 Å². The molecule has 5 heteroatoms. The Morgan fingerprint density at radius 2 is 2.25 bits per heavy atom. The molecule has 1 heterocycles. The Labute approximate surface area is 99.4 Å². The Bertz CT molecular complexity index is 311. The summed E-state index contributed by atoms with van der Waals surface area (Å²) in [5.41, 5.74) is 5.72. The van der Waals surface area contributed by atoms with Gasteiger partial charge in [0, 0.05) is 4.88 Å². The van der Waals surface area contributed by atoms with Crippen molar-refractivity contribution in [3.8, 4) is 0 Å². The SMILES string of the molecule is CC(C)OCCOC(=O)C(N)c1cccs1. The number of thiophene rings is 1. The number of carbonyl (C=O) groups is 1. The first kappa shape index (κ1) is 13.2. The van der Waals surface area contributed by atoms with E-state index < -0.39 is 12.0 Å². The first-order valence-electron chi connectivity index (χ1n) is 5.18. The van der Waals surface area contributed by atoms with Gasteiger partial charge in [-0.25, -0.2) is 4.79 Å². The zero-order valence-electron chi connectivity index (χ0n) is 9.51. The van der Waals surface area contributed by atoms with Crippen LogP contribution in [0.4, 0.5) is 0 Å². The Balaban J connectivity index is 2.25. The fourth-order valence-electron chi connectivity index (χ4n) is 1.10. The molecule has 0 aliphatic carbocycles. The number of carbonyl (C=O) groups excluding carboxylic acids is 1. The van der Waals surface area contributed by atoms with Crippen LogP contribution in [0.5, 0.6) is 0 Å². The summed E-state index contributed by atoms with van der Waals surface area (Å²) in [5.74, 6) is -0.408. The predicted molar refractivity (Wildman–Crippen MR) is 63.3 cm³/mol. The van der Waals surface area contributed by atoms with Gasteiger partial charge < -0.3 is 15.2 Å². The molecule has 0 aliphatic heterocycles. The van der Waals surface area contributed by atoms with Gasteiger partial charge in [-0.05, 0) is 25.3 Å². The summed E-state index contributed by atoms with van der Waals surface area (Å²) >= 11 is 1.45. The molecule has 0 bridgehead atoms. The third-order valence-corrected chi connectivity index (χ3v) is 2.84. The molecule has 90 valence electrons. The highest BCUT2D eigenvalue weighted by atomic mass is 32.1. The minimum atomic E-state index is -0.681. The molecule has 0 saturated carbocycles.